The highest BCUT2D eigenvalue weighted by Crippen LogP contribution is 2.28. The monoisotopic (exact) mass is 466 g/mol. The van der Waals surface area contributed by atoms with Gasteiger partial charge in [0.1, 0.15) is 0 Å². The molecule has 0 atom stereocenters. The van der Waals surface area contributed by atoms with Gasteiger partial charge in [-0.1, -0.05) is 72.4 Å². The van der Waals surface area contributed by atoms with Crippen molar-refractivity contribution in [2.75, 3.05) is 5.32 Å². The van der Waals surface area contributed by atoms with E-state index >= 15 is 0 Å². The highest BCUT2D eigenvalue weighted by Gasteiger charge is 2.17. The van der Waals surface area contributed by atoms with Gasteiger partial charge < -0.3 is 9.73 Å². The van der Waals surface area contributed by atoms with Crippen molar-refractivity contribution in [3.05, 3.63) is 120 Å². The molecule has 0 saturated heterocycles. The fourth-order valence-corrected chi connectivity index (χ4v) is 4.45. The SMILES string of the molecule is O=C(Nc1ccccc1)c1cccc(CSc2nnc(-c3ccco3)n2Cc2ccccc2)c1. The topological polar surface area (TPSA) is 73.0 Å². The Kier molecular flexibility index (Phi) is 6.54. The Labute approximate surface area is 201 Å². The third-order valence-corrected chi connectivity index (χ3v) is 6.27. The molecule has 0 unspecified atom stereocenters. The third-order valence-electron chi connectivity index (χ3n) is 5.23. The number of thioether (sulfide) groups is 1. The van der Waals surface area contributed by atoms with Crippen molar-refractivity contribution in [3.8, 4) is 11.6 Å². The number of rotatable bonds is 8. The van der Waals surface area contributed by atoms with Crippen LogP contribution in [0.1, 0.15) is 21.5 Å². The van der Waals surface area contributed by atoms with Crippen LogP contribution in [0.4, 0.5) is 5.69 Å². The van der Waals surface area contributed by atoms with Crippen molar-refractivity contribution in [1.29, 1.82) is 0 Å². The normalized spacial score (nSPS) is 10.8. The summed E-state index contributed by atoms with van der Waals surface area (Å²) in [5.74, 6) is 1.88. The molecule has 0 fully saturated rings. The van der Waals surface area contributed by atoms with Crippen molar-refractivity contribution in [3.63, 3.8) is 0 Å². The smallest absolute Gasteiger partial charge is 0.255 e. The van der Waals surface area contributed by atoms with Gasteiger partial charge in [0, 0.05) is 17.0 Å². The van der Waals surface area contributed by atoms with Crippen LogP contribution in [0, 0.1) is 0 Å². The minimum absolute atomic E-state index is 0.134. The van der Waals surface area contributed by atoms with Gasteiger partial charge in [0.2, 0.25) is 5.82 Å². The Morgan fingerprint density at radius 2 is 1.62 bits per heavy atom. The molecule has 0 aliphatic carbocycles. The Bertz CT molecular complexity index is 1370. The minimum atomic E-state index is -0.134. The summed E-state index contributed by atoms with van der Waals surface area (Å²) in [7, 11) is 0. The summed E-state index contributed by atoms with van der Waals surface area (Å²) in [6.45, 7) is 0.631. The van der Waals surface area contributed by atoms with Gasteiger partial charge in [0.15, 0.2) is 10.9 Å². The summed E-state index contributed by atoms with van der Waals surface area (Å²) < 4.78 is 7.65. The molecule has 5 aromatic rings. The van der Waals surface area contributed by atoms with Crippen LogP contribution in [0.15, 0.2) is 113 Å². The number of aromatic nitrogens is 3. The van der Waals surface area contributed by atoms with Gasteiger partial charge in [-0.25, -0.2) is 0 Å². The molecule has 5 rings (SSSR count). The average Bonchev–Trinajstić information content (AvgIpc) is 3.54. The van der Waals surface area contributed by atoms with E-state index in [1.54, 1.807) is 18.0 Å². The molecule has 0 aliphatic heterocycles. The third kappa shape index (κ3) is 5.10. The first-order valence-corrected chi connectivity index (χ1v) is 11.8. The van der Waals surface area contributed by atoms with E-state index in [-0.39, 0.29) is 5.91 Å². The zero-order chi connectivity index (χ0) is 23.2. The molecular formula is C27H22N4O2S. The molecule has 0 bridgehead atoms. The maximum absolute atomic E-state index is 12.7. The molecule has 0 radical (unpaired) electrons. The second kappa shape index (κ2) is 10.2. The number of nitrogens with zero attached hydrogens (tertiary/aromatic N) is 3. The lowest BCUT2D eigenvalue weighted by atomic mass is 10.1. The fourth-order valence-electron chi connectivity index (χ4n) is 3.57. The molecule has 3 aromatic carbocycles. The highest BCUT2D eigenvalue weighted by molar-refractivity contribution is 7.98. The van der Waals surface area contributed by atoms with Crippen LogP contribution in [0.5, 0.6) is 0 Å². The van der Waals surface area contributed by atoms with E-state index in [4.69, 9.17) is 4.42 Å². The lowest BCUT2D eigenvalue weighted by Gasteiger charge is -2.10. The van der Waals surface area contributed by atoms with Crippen LogP contribution in [0.25, 0.3) is 11.6 Å². The van der Waals surface area contributed by atoms with Gasteiger partial charge in [-0.15, -0.1) is 10.2 Å². The van der Waals surface area contributed by atoms with Crippen LogP contribution < -0.4 is 5.32 Å². The van der Waals surface area contributed by atoms with E-state index in [1.165, 1.54) is 0 Å². The van der Waals surface area contributed by atoms with Gasteiger partial charge in [0.05, 0.1) is 12.8 Å². The van der Waals surface area contributed by atoms with Crippen molar-refractivity contribution in [2.45, 2.75) is 17.5 Å². The minimum Gasteiger partial charge on any atom is -0.461 e. The highest BCUT2D eigenvalue weighted by atomic mass is 32.2. The van der Waals surface area contributed by atoms with Gasteiger partial charge in [-0.05, 0) is 47.5 Å². The fraction of sp³-hybridized carbons (Fsp3) is 0.0741. The zero-order valence-electron chi connectivity index (χ0n) is 18.3. The standard InChI is InChI=1S/C27H22N4O2S/c32-26(28-23-13-5-2-6-14-23)22-12-7-11-21(17-22)19-34-27-30-29-25(24-15-8-16-33-24)31(27)18-20-9-3-1-4-10-20/h1-17H,18-19H2,(H,28,32). The Morgan fingerprint density at radius 3 is 2.38 bits per heavy atom. The van der Waals surface area contributed by atoms with E-state index in [9.17, 15) is 4.79 Å². The molecule has 0 spiro atoms. The molecule has 1 amide bonds. The van der Waals surface area contributed by atoms with Crippen LogP contribution in [0.2, 0.25) is 0 Å². The van der Waals surface area contributed by atoms with E-state index in [0.717, 1.165) is 22.0 Å². The molecule has 2 heterocycles. The number of benzene rings is 3. The number of nitrogens with one attached hydrogen (secondary N) is 1. The number of carbonyl (C=O) groups excluding carboxylic acids is 1. The molecule has 7 heteroatoms. The number of hydrogen-bond acceptors (Lipinski definition) is 5. The van der Waals surface area contributed by atoms with E-state index in [1.807, 2.05) is 84.9 Å². The Hall–Kier alpha value is -4.10. The lowest BCUT2D eigenvalue weighted by molar-refractivity contribution is 0.102. The van der Waals surface area contributed by atoms with E-state index < -0.39 is 0 Å². The number of furan rings is 1. The first-order chi connectivity index (χ1) is 16.8. The van der Waals surface area contributed by atoms with Gasteiger partial charge in [0.25, 0.3) is 5.91 Å². The number of carbonyl (C=O) groups is 1. The lowest BCUT2D eigenvalue weighted by Crippen LogP contribution is -2.11. The summed E-state index contributed by atoms with van der Waals surface area (Å²) in [4.78, 5) is 12.7. The van der Waals surface area contributed by atoms with Crippen LogP contribution >= 0.6 is 11.8 Å². The summed E-state index contributed by atoms with van der Waals surface area (Å²) >= 11 is 1.58. The maximum Gasteiger partial charge on any atom is 0.255 e. The summed E-state index contributed by atoms with van der Waals surface area (Å²) in [5, 5.41) is 12.5. The van der Waals surface area contributed by atoms with Crippen LogP contribution in [-0.4, -0.2) is 20.7 Å². The van der Waals surface area contributed by atoms with Gasteiger partial charge >= 0.3 is 0 Å². The first kappa shape index (κ1) is 21.7. The van der Waals surface area contributed by atoms with E-state index in [2.05, 4.69) is 32.2 Å². The summed E-state index contributed by atoms with van der Waals surface area (Å²) in [6, 6.07) is 31.0. The molecule has 0 saturated carbocycles. The average molecular weight is 467 g/mol. The number of amides is 1. The predicted molar refractivity (Wildman–Crippen MR) is 134 cm³/mol. The number of para-hydroxylation sites is 1. The van der Waals surface area contributed by atoms with Crippen molar-refractivity contribution in [2.24, 2.45) is 0 Å². The zero-order valence-corrected chi connectivity index (χ0v) is 19.1. The summed E-state index contributed by atoms with van der Waals surface area (Å²) in [5.41, 5.74) is 3.56. The van der Waals surface area contributed by atoms with Crippen molar-refractivity contribution in [1.82, 2.24) is 14.8 Å². The van der Waals surface area contributed by atoms with E-state index in [0.29, 0.717) is 29.4 Å². The van der Waals surface area contributed by atoms with Crippen molar-refractivity contribution >= 4 is 23.4 Å². The van der Waals surface area contributed by atoms with Gasteiger partial charge in [-0.3, -0.25) is 9.36 Å². The Morgan fingerprint density at radius 1 is 0.853 bits per heavy atom. The Balaban J connectivity index is 1.34. The second-order valence-corrected chi connectivity index (χ2v) is 8.61. The van der Waals surface area contributed by atoms with Crippen LogP contribution in [-0.2, 0) is 12.3 Å². The van der Waals surface area contributed by atoms with Crippen molar-refractivity contribution < 1.29 is 9.21 Å². The molecule has 2 aromatic heterocycles. The number of anilines is 1. The number of hydrogen-bond donors (Lipinski definition) is 1. The predicted octanol–water partition coefficient (Wildman–Crippen LogP) is 6.13. The molecule has 34 heavy (non-hydrogen) atoms. The van der Waals surface area contributed by atoms with Crippen LogP contribution in [0.3, 0.4) is 0 Å². The molecule has 6 nitrogen and oxygen atoms in total. The quantitative estimate of drug-likeness (QED) is 0.279. The molecule has 0 aliphatic rings. The van der Waals surface area contributed by atoms with Gasteiger partial charge in [-0.2, -0.15) is 0 Å². The second-order valence-electron chi connectivity index (χ2n) is 7.66. The molecular weight excluding hydrogens is 444 g/mol. The maximum atomic E-state index is 12.7. The largest absolute Gasteiger partial charge is 0.461 e. The first-order valence-electron chi connectivity index (χ1n) is 10.9. The molecule has 168 valence electrons. The summed E-state index contributed by atoms with van der Waals surface area (Å²) in [6.07, 6.45) is 1.63. The molecule has 1 N–H and O–H groups in total.